The summed E-state index contributed by atoms with van der Waals surface area (Å²) in [6.07, 6.45) is -4.57. The summed E-state index contributed by atoms with van der Waals surface area (Å²) < 4.78 is 101. The Labute approximate surface area is 207 Å². The first-order valence-electron chi connectivity index (χ1n) is 10.2. The van der Waals surface area contributed by atoms with E-state index in [9.17, 15) is 30.4 Å². The highest BCUT2D eigenvalue weighted by Crippen LogP contribution is 2.40. The minimum Gasteiger partial charge on any atom is -0.488 e. The van der Waals surface area contributed by atoms with E-state index in [1.807, 2.05) is 11.9 Å². The molecule has 1 aromatic heterocycles. The second-order valence-corrected chi connectivity index (χ2v) is 12.2. The van der Waals surface area contributed by atoms with E-state index in [2.05, 4.69) is 4.72 Å². The number of likely N-dealkylation sites (tertiary alicyclic amines) is 1. The molecule has 1 aliphatic heterocycles. The molecule has 2 aromatic carbocycles. The molecule has 2 heterocycles. The zero-order valence-corrected chi connectivity index (χ0v) is 20.6. The Morgan fingerprint density at radius 2 is 1.89 bits per heavy atom. The molecule has 0 saturated carbocycles. The lowest BCUT2D eigenvalue weighted by Crippen LogP contribution is -2.23. The molecule has 5 nitrogen and oxygen atoms in total. The molecule has 0 radical (unpaired) electrons. The molecule has 0 amide bonds. The van der Waals surface area contributed by atoms with E-state index in [0.717, 1.165) is 53.4 Å². The number of hydrogen-bond donors (Lipinski definition) is 1. The lowest BCUT2D eigenvalue weighted by Gasteiger charge is -2.19. The fourth-order valence-electron chi connectivity index (χ4n) is 3.46. The van der Waals surface area contributed by atoms with E-state index in [0.29, 0.717) is 23.7 Å². The summed E-state index contributed by atoms with van der Waals surface area (Å²) in [6.45, 7) is 1.14. The number of rotatable bonds is 7. The van der Waals surface area contributed by atoms with Gasteiger partial charge in [-0.2, -0.15) is 13.2 Å². The van der Waals surface area contributed by atoms with Gasteiger partial charge in [0.05, 0.1) is 15.5 Å². The van der Waals surface area contributed by atoms with E-state index >= 15 is 0 Å². The van der Waals surface area contributed by atoms with Crippen molar-refractivity contribution in [3.05, 3.63) is 65.7 Å². The van der Waals surface area contributed by atoms with Crippen LogP contribution in [0.4, 0.5) is 27.6 Å². The number of sulfonamides is 1. The maximum absolute atomic E-state index is 13.9. The number of benzene rings is 2. The maximum Gasteiger partial charge on any atom is 0.419 e. The number of nitrogens with one attached hydrogen (secondary N) is 1. The fourth-order valence-corrected chi connectivity index (χ4v) is 7.06. The molecule has 188 valence electrons. The average molecular weight is 551 g/mol. The standard InChI is InChI=1S/C22H19F5N2O3S3/c1-29-9-8-15(12-29)32-18-11-14(3-4-16(18)22(25,26)27)28-35(30,31)21-7-6-20(34-21)33-19-5-2-13(23)10-17(19)24/h2-7,10-11,15,28H,8-9,12H2,1H3. The Morgan fingerprint density at radius 1 is 1.11 bits per heavy atom. The maximum atomic E-state index is 13.9. The van der Waals surface area contributed by atoms with Crippen LogP contribution in [0.25, 0.3) is 0 Å². The van der Waals surface area contributed by atoms with E-state index in [1.54, 1.807) is 0 Å². The van der Waals surface area contributed by atoms with Crippen molar-refractivity contribution < 1.29 is 35.1 Å². The van der Waals surface area contributed by atoms with E-state index in [-0.39, 0.29) is 14.8 Å². The molecule has 13 heteroatoms. The molecule has 0 aliphatic carbocycles. The van der Waals surface area contributed by atoms with Crippen LogP contribution in [-0.2, 0) is 16.2 Å². The molecule has 1 fully saturated rings. The van der Waals surface area contributed by atoms with Crippen molar-refractivity contribution in [2.45, 2.75) is 32.0 Å². The average Bonchev–Trinajstić information content (AvgIpc) is 3.38. The summed E-state index contributed by atoms with van der Waals surface area (Å²) in [5, 5.41) is 0. The number of ether oxygens (including phenoxy) is 1. The predicted octanol–water partition coefficient (Wildman–Crippen LogP) is 6.08. The molecule has 0 bridgehead atoms. The largest absolute Gasteiger partial charge is 0.488 e. The second kappa shape index (κ2) is 9.96. The molecule has 35 heavy (non-hydrogen) atoms. The third-order valence-corrected chi connectivity index (χ3v) is 9.25. The Bertz CT molecular complexity index is 1330. The Hall–Kier alpha value is -2.35. The predicted molar refractivity (Wildman–Crippen MR) is 124 cm³/mol. The number of nitrogens with zero attached hydrogens (tertiary/aromatic N) is 1. The number of halogens is 5. The molecule has 1 saturated heterocycles. The van der Waals surface area contributed by atoms with Gasteiger partial charge in [-0.3, -0.25) is 4.72 Å². The molecular formula is C22H19F5N2O3S3. The van der Waals surface area contributed by atoms with Crippen molar-refractivity contribution in [3.8, 4) is 5.75 Å². The zero-order valence-electron chi connectivity index (χ0n) is 18.1. The first-order valence-corrected chi connectivity index (χ1v) is 13.3. The topological polar surface area (TPSA) is 58.6 Å². The van der Waals surface area contributed by atoms with Crippen molar-refractivity contribution in [2.75, 3.05) is 24.9 Å². The summed E-state index contributed by atoms with van der Waals surface area (Å²) in [5.74, 6) is -1.96. The van der Waals surface area contributed by atoms with Gasteiger partial charge < -0.3 is 9.64 Å². The highest BCUT2D eigenvalue weighted by molar-refractivity contribution is 8.02. The highest BCUT2D eigenvalue weighted by atomic mass is 32.3. The molecule has 1 unspecified atom stereocenters. The molecule has 1 atom stereocenters. The van der Waals surface area contributed by atoms with Crippen LogP contribution in [0.2, 0.25) is 0 Å². The number of thiophene rings is 1. The van der Waals surface area contributed by atoms with Gasteiger partial charge in [-0.25, -0.2) is 17.2 Å². The van der Waals surface area contributed by atoms with Gasteiger partial charge in [-0.1, -0.05) is 11.8 Å². The van der Waals surface area contributed by atoms with Crippen LogP contribution in [0, 0.1) is 11.6 Å². The van der Waals surface area contributed by atoms with Crippen LogP contribution in [-0.4, -0.2) is 39.6 Å². The van der Waals surface area contributed by atoms with Crippen LogP contribution in [0.5, 0.6) is 5.75 Å². The normalized spacial score (nSPS) is 17.0. The van der Waals surface area contributed by atoms with Crippen molar-refractivity contribution >= 4 is 38.8 Å². The van der Waals surface area contributed by atoms with Gasteiger partial charge in [0.15, 0.2) is 0 Å². The van der Waals surface area contributed by atoms with Crippen LogP contribution < -0.4 is 9.46 Å². The smallest absolute Gasteiger partial charge is 0.419 e. The third kappa shape index (κ3) is 6.26. The molecule has 3 aromatic rings. The molecule has 1 aliphatic rings. The third-order valence-electron chi connectivity index (χ3n) is 5.11. The monoisotopic (exact) mass is 550 g/mol. The summed E-state index contributed by atoms with van der Waals surface area (Å²) in [4.78, 5) is 2.04. The first-order chi connectivity index (χ1) is 16.4. The van der Waals surface area contributed by atoms with Crippen molar-refractivity contribution in [1.29, 1.82) is 0 Å². The first kappa shape index (κ1) is 25.7. The number of alkyl halides is 3. The van der Waals surface area contributed by atoms with Gasteiger partial charge >= 0.3 is 6.18 Å². The Balaban J connectivity index is 1.54. The van der Waals surface area contributed by atoms with Gasteiger partial charge in [0.1, 0.15) is 27.7 Å². The van der Waals surface area contributed by atoms with E-state index in [1.165, 1.54) is 18.2 Å². The van der Waals surface area contributed by atoms with Gasteiger partial charge in [0.25, 0.3) is 10.0 Å². The summed E-state index contributed by atoms with van der Waals surface area (Å²) in [6, 6.07) is 8.64. The van der Waals surface area contributed by atoms with Gasteiger partial charge in [-0.05, 0) is 49.9 Å². The van der Waals surface area contributed by atoms with Gasteiger partial charge in [0, 0.05) is 30.1 Å². The molecular weight excluding hydrogens is 531 g/mol. The Kier molecular flexibility index (Phi) is 7.32. The lowest BCUT2D eigenvalue weighted by molar-refractivity contribution is -0.139. The lowest BCUT2D eigenvalue weighted by atomic mass is 10.1. The Morgan fingerprint density at radius 3 is 2.54 bits per heavy atom. The molecule has 4 rings (SSSR count). The van der Waals surface area contributed by atoms with Crippen molar-refractivity contribution in [2.24, 2.45) is 0 Å². The highest BCUT2D eigenvalue weighted by Gasteiger charge is 2.36. The summed E-state index contributed by atoms with van der Waals surface area (Å²) in [5.41, 5.74) is -1.09. The number of hydrogen-bond acceptors (Lipinski definition) is 6. The van der Waals surface area contributed by atoms with Crippen LogP contribution in [0.1, 0.15) is 12.0 Å². The summed E-state index contributed by atoms with van der Waals surface area (Å²) >= 11 is 1.77. The van der Waals surface area contributed by atoms with E-state index < -0.39 is 45.3 Å². The second-order valence-electron chi connectivity index (χ2n) is 7.86. The van der Waals surface area contributed by atoms with E-state index in [4.69, 9.17) is 4.74 Å². The summed E-state index contributed by atoms with van der Waals surface area (Å²) in [7, 11) is -2.32. The zero-order chi connectivity index (χ0) is 25.4. The molecule has 0 spiro atoms. The minimum absolute atomic E-state index is 0.0912. The van der Waals surface area contributed by atoms with Crippen molar-refractivity contribution in [1.82, 2.24) is 4.90 Å². The van der Waals surface area contributed by atoms with Crippen LogP contribution >= 0.6 is 23.1 Å². The van der Waals surface area contributed by atoms with Gasteiger partial charge in [0.2, 0.25) is 0 Å². The van der Waals surface area contributed by atoms with Crippen molar-refractivity contribution in [3.63, 3.8) is 0 Å². The molecule has 1 N–H and O–H groups in total. The minimum atomic E-state index is -4.67. The quantitative estimate of drug-likeness (QED) is 0.362. The van der Waals surface area contributed by atoms with Crippen LogP contribution in [0.3, 0.4) is 0 Å². The number of likely N-dealkylation sites (N-methyl/N-ethyl adjacent to an activating group) is 1. The number of anilines is 1. The van der Waals surface area contributed by atoms with Crippen LogP contribution in [0.15, 0.2) is 61.8 Å². The fraction of sp³-hybridized carbons (Fsp3) is 0.273. The van der Waals surface area contributed by atoms with Gasteiger partial charge in [-0.15, -0.1) is 11.3 Å². The SMILES string of the molecule is CN1CCC(Oc2cc(NS(=O)(=O)c3ccc(Sc4ccc(F)cc4F)s3)ccc2C(F)(F)F)C1.